The Morgan fingerprint density at radius 3 is 2.69 bits per heavy atom. The number of carboxylic acids is 1. The number of likely N-dealkylation sites (tertiary alicyclic amines) is 1. The maximum Gasteiger partial charge on any atom is 0.355 e. The zero-order chi connectivity index (χ0) is 11.5. The Bertz CT molecular complexity index is 410. The van der Waals surface area contributed by atoms with E-state index in [1.54, 1.807) is 0 Å². The van der Waals surface area contributed by atoms with E-state index in [2.05, 4.69) is 9.88 Å². The van der Waals surface area contributed by atoms with Gasteiger partial charge in [0.1, 0.15) is 0 Å². The summed E-state index contributed by atoms with van der Waals surface area (Å²) in [5.74, 6) is -1.17. The van der Waals surface area contributed by atoms with Gasteiger partial charge >= 0.3 is 5.97 Å². The molecule has 1 aliphatic rings. The van der Waals surface area contributed by atoms with E-state index >= 15 is 0 Å². The molecule has 16 heavy (non-hydrogen) atoms. The van der Waals surface area contributed by atoms with Gasteiger partial charge in [-0.3, -0.25) is 9.69 Å². The van der Waals surface area contributed by atoms with Gasteiger partial charge in [-0.25, -0.2) is 9.78 Å². The Morgan fingerprint density at radius 2 is 2.12 bits per heavy atom. The molecule has 2 heterocycles. The van der Waals surface area contributed by atoms with Crippen molar-refractivity contribution in [2.24, 2.45) is 0 Å². The summed E-state index contributed by atoms with van der Waals surface area (Å²) in [5, 5.41) is 10.4. The number of rotatable bonds is 4. The van der Waals surface area contributed by atoms with Crippen LogP contribution < -0.4 is 0 Å². The third-order valence-electron chi connectivity index (χ3n) is 2.53. The van der Waals surface area contributed by atoms with Crippen LogP contribution in [0.15, 0.2) is 5.38 Å². The highest BCUT2D eigenvalue weighted by Crippen LogP contribution is 2.13. The Kier molecular flexibility index (Phi) is 3.31. The van der Waals surface area contributed by atoms with Gasteiger partial charge in [0.25, 0.3) is 0 Å². The van der Waals surface area contributed by atoms with Crippen molar-refractivity contribution in [2.45, 2.75) is 12.8 Å². The van der Waals surface area contributed by atoms with Gasteiger partial charge in [0.2, 0.25) is 5.78 Å². The molecule has 1 aromatic heterocycles. The number of aromatic carboxylic acids is 1. The van der Waals surface area contributed by atoms with Crippen molar-refractivity contribution in [3.05, 3.63) is 16.1 Å². The summed E-state index contributed by atoms with van der Waals surface area (Å²) in [4.78, 5) is 28.2. The molecule has 6 heteroatoms. The number of nitrogens with zero attached hydrogens (tertiary/aromatic N) is 2. The molecule has 0 atom stereocenters. The summed E-state index contributed by atoms with van der Waals surface area (Å²) in [6, 6.07) is 0. The molecule has 1 N–H and O–H groups in total. The van der Waals surface area contributed by atoms with Gasteiger partial charge in [-0.2, -0.15) is 0 Å². The maximum atomic E-state index is 11.7. The van der Waals surface area contributed by atoms with Gasteiger partial charge in [-0.1, -0.05) is 0 Å². The van der Waals surface area contributed by atoms with E-state index in [0.717, 1.165) is 37.3 Å². The first kappa shape index (κ1) is 11.2. The molecular weight excluding hydrogens is 228 g/mol. The molecule has 0 bridgehead atoms. The summed E-state index contributed by atoms with van der Waals surface area (Å²) in [5.41, 5.74) is -0.0465. The minimum absolute atomic E-state index is 0.0465. The molecule has 0 unspecified atom stereocenters. The average Bonchev–Trinajstić information content (AvgIpc) is 2.86. The molecule has 1 saturated heterocycles. The number of carbonyl (C=O) groups is 2. The van der Waals surface area contributed by atoms with Crippen LogP contribution in [-0.4, -0.2) is 46.4 Å². The molecule has 0 saturated carbocycles. The molecule has 0 aliphatic carbocycles. The first-order valence-electron chi connectivity index (χ1n) is 5.11. The van der Waals surface area contributed by atoms with Crippen LogP contribution in [0.3, 0.4) is 0 Å². The van der Waals surface area contributed by atoms with Crippen LogP contribution in [0.25, 0.3) is 0 Å². The van der Waals surface area contributed by atoms with Gasteiger partial charge in [0.15, 0.2) is 10.7 Å². The third kappa shape index (κ3) is 2.45. The van der Waals surface area contributed by atoms with Gasteiger partial charge in [-0.15, -0.1) is 11.3 Å². The molecule has 1 aromatic rings. The first-order chi connectivity index (χ1) is 7.66. The number of hydrogen-bond acceptors (Lipinski definition) is 5. The molecule has 0 radical (unpaired) electrons. The summed E-state index contributed by atoms with van der Waals surface area (Å²) < 4.78 is 0. The normalized spacial score (nSPS) is 16.5. The Balaban J connectivity index is 1.99. The molecule has 2 rings (SSSR count). The van der Waals surface area contributed by atoms with Crippen molar-refractivity contribution in [2.75, 3.05) is 19.6 Å². The van der Waals surface area contributed by atoms with Crippen molar-refractivity contribution in [1.29, 1.82) is 0 Å². The first-order valence-corrected chi connectivity index (χ1v) is 5.99. The number of carboxylic acid groups (broad SMARTS) is 1. The summed E-state index contributed by atoms with van der Waals surface area (Å²) >= 11 is 1.10. The zero-order valence-electron chi connectivity index (χ0n) is 8.68. The average molecular weight is 240 g/mol. The van der Waals surface area contributed by atoms with Crippen LogP contribution in [0.5, 0.6) is 0 Å². The Morgan fingerprint density at radius 1 is 1.44 bits per heavy atom. The number of Topliss-reactive ketones (excluding diaryl/α,β-unsaturated/α-hetero) is 1. The highest BCUT2D eigenvalue weighted by atomic mass is 32.1. The lowest BCUT2D eigenvalue weighted by molar-refractivity contribution is 0.0691. The van der Waals surface area contributed by atoms with E-state index in [9.17, 15) is 9.59 Å². The Labute approximate surface area is 96.7 Å². The minimum atomic E-state index is -1.09. The van der Waals surface area contributed by atoms with Gasteiger partial charge in [0.05, 0.1) is 6.54 Å². The van der Waals surface area contributed by atoms with Crippen LogP contribution in [0.1, 0.15) is 33.1 Å². The number of ketones is 1. The van der Waals surface area contributed by atoms with Crippen molar-refractivity contribution < 1.29 is 14.7 Å². The third-order valence-corrected chi connectivity index (χ3v) is 3.41. The fourth-order valence-electron chi connectivity index (χ4n) is 1.71. The van der Waals surface area contributed by atoms with Gasteiger partial charge < -0.3 is 5.11 Å². The van der Waals surface area contributed by atoms with E-state index in [0.29, 0.717) is 11.6 Å². The van der Waals surface area contributed by atoms with Crippen LogP contribution in [0, 0.1) is 0 Å². The van der Waals surface area contributed by atoms with E-state index in [4.69, 9.17) is 5.11 Å². The Hall–Kier alpha value is -1.27. The maximum absolute atomic E-state index is 11.7. The van der Waals surface area contributed by atoms with Crippen molar-refractivity contribution in [3.63, 3.8) is 0 Å². The standard InChI is InChI=1S/C10H12N2O3S/c13-8(5-12-3-1-2-4-12)9-11-7(6-16-9)10(14)15/h6H,1-5H2,(H,14,15). The molecular formula is C10H12N2O3S. The smallest absolute Gasteiger partial charge is 0.355 e. The minimum Gasteiger partial charge on any atom is -0.476 e. The number of hydrogen-bond donors (Lipinski definition) is 1. The highest BCUT2D eigenvalue weighted by Gasteiger charge is 2.19. The summed E-state index contributed by atoms with van der Waals surface area (Å²) in [7, 11) is 0. The molecule has 5 nitrogen and oxygen atoms in total. The second-order valence-corrected chi connectivity index (χ2v) is 4.61. The van der Waals surface area contributed by atoms with Crippen molar-refractivity contribution >= 4 is 23.1 Å². The molecule has 0 amide bonds. The van der Waals surface area contributed by atoms with E-state index in [1.165, 1.54) is 5.38 Å². The highest BCUT2D eigenvalue weighted by molar-refractivity contribution is 7.12. The fourth-order valence-corrected chi connectivity index (χ4v) is 2.44. The predicted molar refractivity (Wildman–Crippen MR) is 59.1 cm³/mol. The lowest BCUT2D eigenvalue weighted by Gasteiger charge is -2.11. The monoisotopic (exact) mass is 240 g/mol. The zero-order valence-corrected chi connectivity index (χ0v) is 9.50. The summed E-state index contributed by atoms with van der Waals surface area (Å²) in [6.45, 7) is 2.25. The van der Waals surface area contributed by atoms with E-state index in [1.807, 2.05) is 0 Å². The largest absolute Gasteiger partial charge is 0.476 e. The molecule has 0 aromatic carbocycles. The van der Waals surface area contributed by atoms with Crippen LogP contribution in [-0.2, 0) is 0 Å². The lowest BCUT2D eigenvalue weighted by Crippen LogP contribution is -2.26. The predicted octanol–water partition coefficient (Wildman–Crippen LogP) is 1.12. The number of carbonyl (C=O) groups excluding carboxylic acids is 1. The summed E-state index contributed by atoms with van der Waals surface area (Å²) in [6.07, 6.45) is 2.26. The topological polar surface area (TPSA) is 70.5 Å². The molecule has 1 fully saturated rings. The number of aromatic nitrogens is 1. The fraction of sp³-hybridized carbons (Fsp3) is 0.500. The lowest BCUT2D eigenvalue weighted by atomic mass is 10.4. The quantitative estimate of drug-likeness (QED) is 0.798. The van der Waals surface area contributed by atoms with Crippen molar-refractivity contribution in [3.8, 4) is 0 Å². The molecule has 0 spiro atoms. The number of thiazole rings is 1. The SMILES string of the molecule is O=C(O)c1csc(C(=O)CN2CCCC2)n1. The van der Waals surface area contributed by atoms with Crippen LogP contribution in [0.2, 0.25) is 0 Å². The van der Waals surface area contributed by atoms with Crippen molar-refractivity contribution in [1.82, 2.24) is 9.88 Å². The van der Waals surface area contributed by atoms with E-state index in [-0.39, 0.29) is 11.5 Å². The van der Waals surface area contributed by atoms with Crippen LogP contribution in [0.4, 0.5) is 0 Å². The van der Waals surface area contributed by atoms with Gasteiger partial charge in [0, 0.05) is 5.38 Å². The van der Waals surface area contributed by atoms with Crippen LogP contribution >= 0.6 is 11.3 Å². The van der Waals surface area contributed by atoms with Gasteiger partial charge in [-0.05, 0) is 25.9 Å². The second kappa shape index (κ2) is 4.71. The molecule has 1 aliphatic heterocycles. The molecule has 86 valence electrons. The van der Waals surface area contributed by atoms with E-state index < -0.39 is 5.97 Å². The second-order valence-electron chi connectivity index (χ2n) is 3.75.